The van der Waals surface area contributed by atoms with Gasteiger partial charge in [0.2, 0.25) is 0 Å². The molecule has 2 heterocycles. The van der Waals surface area contributed by atoms with Crippen molar-refractivity contribution in [2.45, 2.75) is 33.2 Å². The first kappa shape index (κ1) is 15.5. The molecule has 0 spiro atoms. The van der Waals surface area contributed by atoms with E-state index in [9.17, 15) is 4.79 Å². The molecule has 0 fully saturated rings. The summed E-state index contributed by atoms with van der Waals surface area (Å²) in [7, 11) is 0. The standard InChI is InChI=1S/C16H21N3OS/c1-4-12-8-11(9-14(17)18-12)16(20)19-15(10(2)3)13-6-5-7-21-13/h5-10,15H,4H2,1-3H3,(H2,17,18)(H,19,20). The third-order valence-electron chi connectivity index (χ3n) is 3.33. The molecule has 1 unspecified atom stereocenters. The molecular weight excluding hydrogens is 282 g/mol. The van der Waals surface area contributed by atoms with Gasteiger partial charge in [-0.1, -0.05) is 26.8 Å². The van der Waals surface area contributed by atoms with E-state index in [0.717, 1.165) is 17.0 Å². The Bertz CT molecular complexity index is 608. The number of nitrogens with one attached hydrogen (secondary N) is 1. The Balaban J connectivity index is 2.21. The maximum absolute atomic E-state index is 12.5. The summed E-state index contributed by atoms with van der Waals surface area (Å²) in [4.78, 5) is 17.8. The lowest BCUT2D eigenvalue weighted by molar-refractivity contribution is 0.0926. The summed E-state index contributed by atoms with van der Waals surface area (Å²) >= 11 is 1.66. The molecule has 0 saturated heterocycles. The van der Waals surface area contributed by atoms with Crippen LogP contribution in [0.5, 0.6) is 0 Å². The van der Waals surface area contributed by atoms with Crippen molar-refractivity contribution in [3.63, 3.8) is 0 Å². The van der Waals surface area contributed by atoms with E-state index in [-0.39, 0.29) is 11.9 Å². The molecule has 21 heavy (non-hydrogen) atoms. The van der Waals surface area contributed by atoms with Crippen molar-refractivity contribution in [2.24, 2.45) is 5.92 Å². The molecule has 2 aromatic heterocycles. The van der Waals surface area contributed by atoms with E-state index in [2.05, 4.69) is 24.1 Å². The highest BCUT2D eigenvalue weighted by Crippen LogP contribution is 2.26. The van der Waals surface area contributed by atoms with Crippen LogP contribution in [0, 0.1) is 5.92 Å². The second-order valence-corrected chi connectivity index (χ2v) is 6.32. The van der Waals surface area contributed by atoms with Crippen LogP contribution in [-0.2, 0) is 6.42 Å². The minimum atomic E-state index is -0.106. The van der Waals surface area contributed by atoms with Crippen LogP contribution < -0.4 is 11.1 Å². The summed E-state index contributed by atoms with van der Waals surface area (Å²) in [5.41, 5.74) is 7.17. The second-order valence-electron chi connectivity index (χ2n) is 5.34. The minimum absolute atomic E-state index is 0.0111. The van der Waals surface area contributed by atoms with Crippen LogP contribution in [-0.4, -0.2) is 10.9 Å². The number of pyridine rings is 1. The number of nitrogen functional groups attached to an aromatic ring is 1. The Morgan fingerprint density at radius 1 is 1.43 bits per heavy atom. The highest BCUT2D eigenvalue weighted by molar-refractivity contribution is 7.10. The van der Waals surface area contributed by atoms with Gasteiger partial charge in [0.05, 0.1) is 6.04 Å². The third kappa shape index (κ3) is 3.82. The SMILES string of the molecule is CCc1cc(C(=O)NC(c2cccs2)C(C)C)cc(N)n1. The van der Waals surface area contributed by atoms with E-state index < -0.39 is 0 Å². The first-order valence-corrected chi connectivity index (χ1v) is 8.00. The molecule has 0 aliphatic rings. The number of nitrogens with two attached hydrogens (primary N) is 1. The monoisotopic (exact) mass is 303 g/mol. The van der Waals surface area contributed by atoms with Gasteiger partial charge in [-0.15, -0.1) is 11.3 Å². The largest absolute Gasteiger partial charge is 0.384 e. The predicted octanol–water partition coefficient (Wildman–Crippen LogP) is 3.41. The van der Waals surface area contributed by atoms with E-state index in [4.69, 9.17) is 5.73 Å². The average Bonchev–Trinajstić information content (AvgIpc) is 2.97. The fraction of sp³-hybridized carbons (Fsp3) is 0.375. The summed E-state index contributed by atoms with van der Waals surface area (Å²) < 4.78 is 0. The summed E-state index contributed by atoms with van der Waals surface area (Å²) in [5, 5.41) is 5.13. The van der Waals surface area contributed by atoms with Crippen molar-refractivity contribution in [2.75, 3.05) is 5.73 Å². The molecule has 2 rings (SSSR count). The van der Waals surface area contributed by atoms with Gasteiger partial charge in [0.15, 0.2) is 0 Å². The molecule has 0 aliphatic carbocycles. The van der Waals surface area contributed by atoms with Crippen molar-refractivity contribution >= 4 is 23.1 Å². The van der Waals surface area contributed by atoms with E-state index in [1.54, 1.807) is 23.5 Å². The molecule has 112 valence electrons. The van der Waals surface area contributed by atoms with Crippen molar-refractivity contribution in [3.05, 3.63) is 45.8 Å². The first-order valence-electron chi connectivity index (χ1n) is 7.12. The highest BCUT2D eigenvalue weighted by atomic mass is 32.1. The first-order chi connectivity index (χ1) is 10.0. The molecule has 0 aliphatic heterocycles. The molecule has 4 nitrogen and oxygen atoms in total. The Kier molecular flexibility index (Phi) is 4.96. The van der Waals surface area contributed by atoms with Gasteiger partial charge in [-0.2, -0.15) is 0 Å². The van der Waals surface area contributed by atoms with Crippen LogP contribution in [0.4, 0.5) is 5.82 Å². The van der Waals surface area contributed by atoms with Crippen molar-refractivity contribution in [1.82, 2.24) is 10.3 Å². The van der Waals surface area contributed by atoms with Crippen LogP contribution in [0.3, 0.4) is 0 Å². The van der Waals surface area contributed by atoms with E-state index in [1.165, 1.54) is 0 Å². The third-order valence-corrected chi connectivity index (χ3v) is 4.28. The lowest BCUT2D eigenvalue weighted by Gasteiger charge is -2.21. The van der Waals surface area contributed by atoms with E-state index in [1.807, 2.05) is 24.4 Å². The van der Waals surface area contributed by atoms with Gasteiger partial charge in [0.25, 0.3) is 5.91 Å². The second kappa shape index (κ2) is 6.72. The van der Waals surface area contributed by atoms with E-state index in [0.29, 0.717) is 17.3 Å². The van der Waals surface area contributed by atoms with Crippen LogP contribution >= 0.6 is 11.3 Å². The molecule has 0 radical (unpaired) electrons. The lowest BCUT2D eigenvalue weighted by Crippen LogP contribution is -2.31. The smallest absolute Gasteiger partial charge is 0.251 e. The molecular formula is C16H21N3OS. The zero-order chi connectivity index (χ0) is 15.4. The molecule has 5 heteroatoms. The van der Waals surface area contributed by atoms with Crippen LogP contribution in [0.15, 0.2) is 29.6 Å². The van der Waals surface area contributed by atoms with Gasteiger partial charge in [0.1, 0.15) is 5.82 Å². The average molecular weight is 303 g/mol. The zero-order valence-corrected chi connectivity index (χ0v) is 13.4. The number of aryl methyl sites for hydroxylation is 1. The molecule has 0 saturated carbocycles. The van der Waals surface area contributed by atoms with Gasteiger partial charge in [-0.3, -0.25) is 4.79 Å². The molecule has 3 N–H and O–H groups in total. The predicted molar refractivity (Wildman–Crippen MR) is 87.4 cm³/mol. The normalized spacial score (nSPS) is 12.4. The fourth-order valence-electron chi connectivity index (χ4n) is 2.18. The Morgan fingerprint density at radius 3 is 2.76 bits per heavy atom. The molecule has 0 aromatic carbocycles. The summed E-state index contributed by atoms with van der Waals surface area (Å²) in [5.74, 6) is 0.597. The Labute approximate surface area is 129 Å². The lowest BCUT2D eigenvalue weighted by atomic mass is 10.0. The number of carbonyl (C=O) groups excluding carboxylic acids is 1. The number of carbonyl (C=O) groups is 1. The van der Waals surface area contributed by atoms with Gasteiger partial charge in [-0.05, 0) is 35.9 Å². The number of thiophene rings is 1. The van der Waals surface area contributed by atoms with Crippen molar-refractivity contribution in [3.8, 4) is 0 Å². The number of aromatic nitrogens is 1. The Hall–Kier alpha value is -1.88. The van der Waals surface area contributed by atoms with Crippen LogP contribution in [0.25, 0.3) is 0 Å². The number of amides is 1. The molecule has 1 atom stereocenters. The van der Waals surface area contributed by atoms with Crippen molar-refractivity contribution < 1.29 is 4.79 Å². The number of hydrogen-bond acceptors (Lipinski definition) is 4. The summed E-state index contributed by atoms with van der Waals surface area (Å²) in [6.07, 6.45) is 0.754. The van der Waals surface area contributed by atoms with Gasteiger partial charge in [-0.25, -0.2) is 4.98 Å². The number of anilines is 1. The Morgan fingerprint density at radius 2 is 2.19 bits per heavy atom. The number of nitrogens with zero attached hydrogens (tertiary/aromatic N) is 1. The maximum atomic E-state index is 12.5. The highest BCUT2D eigenvalue weighted by Gasteiger charge is 2.20. The summed E-state index contributed by atoms with van der Waals surface area (Å²) in [6, 6.07) is 7.49. The van der Waals surface area contributed by atoms with Gasteiger partial charge >= 0.3 is 0 Å². The van der Waals surface area contributed by atoms with Crippen molar-refractivity contribution in [1.29, 1.82) is 0 Å². The molecule has 0 bridgehead atoms. The number of hydrogen-bond donors (Lipinski definition) is 2. The summed E-state index contributed by atoms with van der Waals surface area (Å²) in [6.45, 7) is 6.19. The van der Waals surface area contributed by atoms with Crippen LogP contribution in [0.2, 0.25) is 0 Å². The molecule has 1 amide bonds. The maximum Gasteiger partial charge on any atom is 0.251 e. The zero-order valence-electron chi connectivity index (χ0n) is 12.6. The van der Waals surface area contributed by atoms with Gasteiger partial charge < -0.3 is 11.1 Å². The van der Waals surface area contributed by atoms with Gasteiger partial charge in [0, 0.05) is 16.1 Å². The van der Waals surface area contributed by atoms with E-state index >= 15 is 0 Å². The minimum Gasteiger partial charge on any atom is -0.384 e. The number of rotatable bonds is 5. The van der Waals surface area contributed by atoms with Crippen LogP contribution in [0.1, 0.15) is 47.7 Å². The quantitative estimate of drug-likeness (QED) is 0.889. The fourth-order valence-corrected chi connectivity index (χ4v) is 3.13. The molecule has 2 aromatic rings. The topological polar surface area (TPSA) is 68.0 Å².